The van der Waals surface area contributed by atoms with E-state index in [-0.39, 0.29) is 30.1 Å². The molecule has 2 N–H and O–H groups in total. The predicted octanol–water partition coefficient (Wildman–Crippen LogP) is 0.0838. The van der Waals surface area contributed by atoms with Gasteiger partial charge in [-0.2, -0.15) is 0 Å². The van der Waals surface area contributed by atoms with Crippen LogP contribution in [-0.2, 0) is 9.53 Å². The summed E-state index contributed by atoms with van der Waals surface area (Å²) in [6.07, 6.45) is 2.16. The second-order valence-electron chi connectivity index (χ2n) is 5.09. The van der Waals surface area contributed by atoms with Crippen LogP contribution >= 0.6 is 0 Å². The first kappa shape index (κ1) is 13.3. The van der Waals surface area contributed by atoms with Crippen LogP contribution in [0.3, 0.4) is 0 Å². The fraction of sp³-hybridized carbons (Fsp3) is 0.833. The molecule has 6 heteroatoms. The number of nitrogens with one attached hydrogen (secondary N) is 2. The minimum Gasteiger partial charge on any atom is -0.376 e. The number of carbonyl (C=O) groups excluding carboxylic acids is 2. The second kappa shape index (κ2) is 5.67. The number of nitrogens with zero attached hydrogens (tertiary/aromatic N) is 1. The number of ether oxygens (including phenoxy) is 1. The monoisotopic (exact) mass is 255 g/mol. The number of carbonyl (C=O) groups is 2. The molecule has 0 aromatic rings. The van der Waals surface area contributed by atoms with Gasteiger partial charge in [0.2, 0.25) is 5.91 Å². The molecule has 0 bridgehead atoms. The SMILES string of the molecule is C[C@@H]1CN([C@@H](C)C(=O)NC(=O)NC2CC2)CCO1. The van der Waals surface area contributed by atoms with Crippen molar-refractivity contribution >= 4 is 11.9 Å². The Bertz CT molecular complexity index is 331. The van der Waals surface area contributed by atoms with Gasteiger partial charge in [0, 0.05) is 19.1 Å². The lowest BCUT2D eigenvalue weighted by molar-refractivity contribution is -0.127. The predicted molar refractivity (Wildman–Crippen MR) is 66.1 cm³/mol. The van der Waals surface area contributed by atoms with Crippen LogP contribution in [0.4, 0.5) is 4.79 Å². The Morgan fingerprint density at radius 2 is 2.11 bits per heavy atom. The van der Waals surface area contributed by atoms with Gasteiger partial charge in [0.1, 0.15) is 0 Å². The lowest BCUT2D eigenvalue weighted by Gasteiger charge is -2.34. The smallest absolute Gasteiger partial charge is 0.321 e. The molecule has 1 aliphatic carbocycles. The summed E-state index contributed by atoms with van der Waals surface area (Å²) in [6.45, 7) is 5.88. The Labute approximate surface area is 107 Å². The van der Waals surface area contributed by atoms with E-state index in [4.69, 9.17) is 4.74 Å². The highest BCUT2D eigenvalue weighted by molar-refractivity contribution is 5.96. The zero-order valence-corrected chi connectivity index (χ0v) is 10.9. The molecule has 2 atom stereocenters. The summed E-state index contributed by atoms with van der Waals surface area (Å²) in [5.74, 6) is -0.248. The Kier molecular flexibility index (Phi) is 4.19. The maximum absolute atomic E-state index is 11.9. The Morgan fingerprint density at radius 1 is 1.39 bits per heavy atom. The normalized spacial score (nSPS) is 26.4. The van der Waals surface area contributed by atoms with Crippen LogP contribution < -0.4 is 10.6 Å². The van der Waals surface area contributed by atoms with Gasteiger partial charge >= 0.3 is 6.03 Å². The minimum atomic E-state index is -0.379. The molecule has 2 rings (SSSR count). The van der Waals surface area contributed by atoms with Crippen molar-refractivity contribution in [2.24, 2.45) is 0 Å². The first-order valence-electron chi connectivity index (χ1n) is 6.53. The van der Waals surface area contributed by atoms with E-state index in [9.17, 15) is 9.59 Å². The number of hydrogen-bond acceptors (Lipinski definition) is 4. The van der Waals surface area contributed by atoms with Gasteiger partial charge in [0.05, 0.1) is 18.8 Å². The number of hydrogen-bond donors (Lipinski definition) is 2. The topological polar surface area (TPSA) is 70.7 Å². The molecule has 6 nitrogen and oxygen atoms in total. The van der Waals surface area contributed by atoms with E-state index >= 15 is 0 Å². The summed E-state index contributed by atoms with van der Waals surface area (Å²) in [4.78, 5) is 25.4. The average molecular weight is 255 g/mol. The number of amides is 3. The Hall–Kier alpha value is -1.14. The molecule has 0 spiro atoms. The lowest BCUT2D eigenvalue weighted by Crippen LogP contribution is -2.54. The number of morpholine rings is 1. The van der Waals surface area contributed by atoms with Crippen LogP contribution in [0.5, 0.6) is 0 Å². The fourth-order valence-electron chi connectivity index (χ4n) is 2.03. The van der Waals surface area contributed by atoms with Gasteiger partial charge in [-0.15, -0.1) is 0 Å². The molecule has 3 amide bonds. The van der Waals surface area contributed by atoms with Crippen molar-refractivity contribution < 1.29 is 14.3 Å². The Morgan fingerprint density at radius 3 is 2.72 bits per heavy atom. The van der Waals surface area contributed by atoms with E-state index < -0.39 is 0 Å². The third-order valence-corrected chi connectivity index (χ3v) is 3.35. The van der Waals surface area contributed by atoms with Crippen LogP contribution in [-0.4, -0.2) is 54.7 Å². The molecule has 1 saturated carbocycles. The van der Waals surface area contributed by atoms with Crippen molar-refractivity contribution in [2.45, 2.75) is 44.9 Å². The number of imide groups is 1. The molecule has 0 radical (unpaired) electrons. The number of rotatable bonds is 3. The molecule has 1 aliphatic heterocycles. The Balaban J connectivity index is 1.77. The average Bonchev–Trinajstić information content (AvgIpc) is 3.11. The maximum Gasteiger partial charge on any atom is 0.321 e. The van der Waals surface area contributed by atoms with Crippen LogP contribution in [0.25, 0.3) is 0 Å². The molecule has 18 heavy (non-hydrogen) atoms. The highest BCUT2D eigenvalue weighted by Gasteiger charge is 2.28. The first-order valence-corrected chi connectivity index (χ1v) is 6.53. The third-order valence-electron chi connectivity index (χ3n) is 3.35. The molecule has 2 aliphatic rings. The van der Waals surface area contributed by atoms with Gasteiger partial charge in [-0.1, -0.05) is 0 Å². The van der Waals surface area contributed by atoms with Gasteiger partial charge in [0.15, 0.2) is 0 Å². The van der Waals surface area contributed by atoms with Crippen molar-refractivity contribution in [3.63, 3.8) is 0 Å². The highest BCUT2D eigenvalue weighted by atomic mass is 16.5. The van der Waals surface area contributed by atoms with Crippen molar-refractivity contribution in [3.8, 4) is 0 Å². The van der Waals surface area contributed by atoms with Crippen molar-refractivity contribution in [3.05, 3.63) is 0 Å². The highest BCUT2D eigenvalue weighted by Crippen LogP contribution is 2.18. The van der Waals surface area contributed by atoms with E-state index in [1.54, 1.807) is 0 Å². The minimum absolute atomic E-state index is 0.134. The summed E-state index contributed by atoms with van der Waals surface area (Å²) >= 11 is 0. The largest absolute Gasteiger partial charge is 0.376 e. The molecule has 0 aromatic carbocycles. The van der Waals surface area contributed by atoms with Crippen LogP contribution in [0.15, 0.2) is 0 Å². The van der Waals surface area contributed by atoms with E-state index in [0.717, 1.165) is 25.9 Å². The summed E-state index contributed by atoms with van der Waals surface area (Å²) < 4.78 is 5.43. The summed E-state index contributed by atoms with van der Waals surface area (Å²) in [6, 6.07) is -0.423. The van der Waals surface area contributed by atoms with Gasteiger partial charge in [-0.3, -0.25) is 15.0 Å². The lowest BCUT2D eigenvalue weighted by atomic mass is 10.2. The van der Waals surface area contributed by atoms with Gasteiger partial charge < -0.3 is 10.1 Å². The quantitative estimate of drug-likeness (QED) is 0.749. The van der Waals surface area contributed by atoms with Crippen molar-refractivity contribution in [1.29, 1.82) is 0 Å². The molecule has 102 valence electrons. The summed E-state index contributed by atoms with van der Waals surface area (Å²) in [5.41, 5.74) is 0. The first-order chi connectivity index (χ1) is 8.56. The van der Waals surface area contributed by atoms with E-state index in [2.05, 4.69) is 10.6 Å². The zero-order valence-electron chi connectivity index (χ0n) is 10.9. The molecular weight excluding hydrogens is 234 g/mol. The standard InChI is InChI=1S/C12H21N3O3/c1-8-7-15(5-6-18-8)9(2)11(16)14-12(17)13-10-3-4-10/h8-10H,3-7H2,1-2H3,(H2,13,14,16,17)/t8-,9+/m1/s1. The van der Waals surface area contributed by atoms with Gasteiger partial charge in [-0.25, -0.2) is 4.79 Å². The van der Waals surface area contributed by atoms with Crippen molar-refractivity contribution in [2.75, 3.05) is 19.7 Å². The summed E-state index contributed by atoms with van der Waals surface area (Å²) in [7, 11) is 0. The van der Waals surface area contributed by atoms with Crippen molar-refractivity contribution in [1.82, 2.24) is 15.5 Å². The molecule has 2 fully saturated rings. The van der Waals surface area contributed by atoms with Crippen LogP contribution in [0.1, 0.15) is 26.7 Å². The number of urea groups is 1. The van der Waals surface area contributed by atoms with Gasteiger partial charge in [-0.05, 0) is 26.7 Å². The second-order valence-corrected chi connectivity index (χ2v) is 5.09. The van der Waals surface area contributed by atoms with Crippen LogP contribution in [0, 0.1) is 0 Å². The molecule has 0 aromatic heterocycles. The fourth-order valence-corrected chi connectivity index (χ4v) is 2.03. The zero-order chi connectivity index (χ0) is 13.1. The van der Waals surface area contributed by atoms with E-state index in [1.165, 1.54) is 0 Å². The summed E-state index contributed by atoms with van der Waals surface area (Å²) in [5, 5.41) is 5.13. The molecular formula is C12H21N3O3. The van der Waals surface area contributed by atoms with E-state index in [0.29, 0.717) is 6.61 Å². The van der Waals surface area contributed by atoms with E-state index in [1.807, 2.05) is 18.7 Å². The molecule has 0 unspecified atom stereocenters. The van der Waals surface area contributed by atoms with Crippen LogP contribution in [0.2, 0.25) is 0 Å². The van der Waals surface area contributed by atoms with Gasteiger partial charge in [0.25, 0.3) is 0 Å². The third kappa shape index (κ3) is 3.68. The maximum atomic E-state index is 11.9. The molecule has 1 saturated heterocycles. The molecule has 1 heterocycles.